The summed E-state index contributed by atoms with van der Waals surface area (Å²) in [5.41, 5.74) is 0. The maximum absolute atomic E-state index is 12.9. The van der Waals surface area contributed by atoms with Gasteiger partial charge < -0.3 is 14.2 Å². The van der Waals surface area contributed by atoms with Gasteiger partial charge >= 0.3 is 17.9 Å². The predicted octanol–water partition coefficient (Wildman–Crippen LogP) is 21.3. The van der Waals surface area contributed by atoms with E-state index in [4.69, 9.17) is 14.2 Å². The van der Waals surface area contributed by atoms with Crippen LogP contribution in [-0.2, 0) is 28.6 Å². The minimum atomic E-state index is -0.791. The number of unbranched alkanes of at least 4 members (excludes halogenated alkanes) is 34. The molecule has 6 nitrogen and oxygen atoms in total. The minimum Gasteiger partial charge on any atom is -0.462 e. The lowest BCUT2D eigenvalue weighted by molar-refractivity contribution is -0.167. The molecule has 0 N–H and O–H groups in total. The van der Waals surface area contributed by atoms with Crippen molar-refractivity contribution in [3.05, 3.63) is 72.9 Å². The molecular weight excluding hydrogens is 901 g/mol. The SMILES string of the molecule is CC/C=C\C/C=C\C/C=C\C/C=C\C/C=C\CCCCCC(=O)OC(COC(=O)CCCCCCCCCCCCC)COC(=O)CCCCCCCCCCCCCCC/C=C\CCCCCCCCCC. The molecule has 0 bridgehead atoms. The summed E-state index contributed by atoms with van der Waals surface area (Å²) in [4.78, 5) is 38.2. The Morgan fingerprint density at radius 2 is 0.534 bits per heavy atom. The van der Waals surface area contributed by atoms with E-state index in [-0.39, 0.29) is 31.1 Å². The van der Waals surface area contributed by atoms with Crippen LogP contribution in [0, 0.1) is 0 Å². The van der Waals surface area contributed by atoms with Crippen LogP contribution in [0.5, 0.6) is 0 Å². The molecule has 0 aromatic carbocycles. The highest BCUT2D eigenvalue weighted by Gasteiger charge is 2.19. The molecule has 73 heavy (non-hydrogen) atoms. The summed E-state index contributed by atoms with van der Waals surface area (Å²) in [6.45, 7) is 6.52. The van der Waals surface area contributed by atoms with Gasteiger partial charge in [-0.1, -0.05) is 280 Å². The molecule has 1 unspecified atom stereocenters. The summed E-state index contributed by atoms with van der Waals surface area (Å²) in [5, 5.41) is 0. The Morgan fingerprint density at radius 3 is 0.863 bits per heavy atom. The predicted molar refractivity (Wildman–Crippen MR) is 316 cm³/mol. The normalized spacial score (nSPS) is 12.5. The van der Waals surface area contributed by atoms with Crippen molar-refractivity contribution in [3.63, 3.8) is 0 Å². The van der Waals surface area contributed by atoms with Crippen LogP contribution in [0.25, 0.3) is 0 Å². The van der Waals surface area contributed by atoms with Crippen molar-refractivity contribution in [2.24, 2.45) is 0 Å². The first-order valence-electron chi connectivity index (χ1n) is 31.4. The van der Waals surface area contributed by atoms with Gasteiger partial charge in [-0.15, -0.1) is 0 Å². The van der Waals surface area contributed by atoms with Crippen molar-refractivity contribution in [1.82, 2.24) is 0 Å². The van der Waals surface area contributed by atoms with Crippen molar-refractivity contribution >= 4 is 17.9 Å². The standard InChI is InChI=1S/C67H118O6/c1-4-7-10-13-16-19-22-24-26-28-30-31-32-33-34-35-37-38-40-42-45-48-51-54-57-60-66(69)72-63-64(62-71-65(68)59-56-53-50-47-44-21-18-15-12-9-6-3)73-67(70)61-58-55-52-49-46-43-41-39-36-29-27-25-23-20-17-14-11-8-5-2/h8,11,17,20,25,27-28,30,36,39,43,46,64H,4-7,9-10,12-16,18-19,21-24,26,29,31-35,37-38,40-42,44-45,47-63H2,1-3H3/b11-8-,20-17-,27-25-,30-28-,39-36-,46-43-. The Hall–Kier alpha value is -3.15. The van der Waals surface area contributed by atoms with E-state index in [9.17, 15) is 14.4 Å². The molecule has 422 valence electrons. The summed E-state index contributed by atoms with van der Waals surface area (Å²) in [6, 6.07) is 0. The van der Waals surface area contributed by atoms with E-state index in [0.717, 1.165) is 96.3 Å². The van der Waals surface area contributed by atoms with Crippen molar-refractivity contribution in [3.8, 4) is 0 Å². The summed E-state index contributed by atoms with van der Waals surface area (Å²) >= 11 is 0. The Bertz CT molecular complexity index is 1360. The summed E-state index contributed by atoms with van der Waals surface area (Å²) in [6.07, 6.45) is 79.1. The fourth-order valence-corrected chi connectivity index (χ4v) is 9.00. The lowest BCUT2D eigenvalue weighted by Gasteiger charge is -2.18. The summed E-state index contributed by atoms with van der Waals surface area (Å²) < 4.78 is 16.9. The molecule has 0 aromatic heterocycles. The van der Waals surface area contributed by atoms with Crippen LogP contribution < -0.4 is 0 Å². The second-order valence-corrected chi connectivity index (χ2v) is 20.9. The molecule has 0 spiro atoms. The molecule has 0 heterocycles. The fraction of sp³-hybridized carbons (Fsp3) is 0.776. The Kier molecular flexibility index (Phi) is 58.7. The van der Waals surface area contributed by atoms with Crippen molar-refractivity contribution in [2.75, 3.05) is 13.2 Å². The van der Waals surface area contributed by atoms with Gasteiger partial charge in [-0.05, 0) is 89.9 Å². The number of carbonyl (C=O) groups is 3. The van der Waals surface area contributed by atoms with Gasteiger partial charge in [0.05, 0.1) is 0 Å². The van der Waals surface area contributed by atoms with Crippen molar-refractivity contribution < 1.29 is 28.6 Å². The Labute approximate surface area is 453 Å². The number of hydrogen-bond donors (Lipinski definition) is 0. The highest BCUT2D eigenvalue weighted by molar-refractivity contribution is 5.71. The van der Waals surface area contributed by atoms with Crippen LogP contribution in [0.1, 0.15) is 316 Å². The lowest BCUT2D eigenvalue weighted by atomic mass is 10.0. The molecule has 0 aliphatic rings. The van der Waals surface area contributed by atoms with E-state index in [2.05, 4.69) is 93.7 Å². The second-order valence-electron chi connectivity index (χ2n) is 20.9. The average molecular weight is 1020 g/mol. The van der Waals surface area contributed by atoms with Crippen LogP contribution in [-0.4, -0.2) is 37.2 Å². The average Bonchev–Trinajstić information content (AvgIpc) is 3.39. The van der Waals surface area contributed by atoms with Gasteiger partial charge in [0.2, 0.25) is 0 Å². The number of ether oxygens (including phenoxy) is 3. The number of carbonyl (C=O) groups excluding carboxylic acids is 3. The number of esters is 3. The third-order valence-electron chi connectivity index (χ3n) is 13.7. The van der Waals surface area contributed by atoms with Crippen LogP contribution >= 0.6 is 0 Å². The van der Waals surface area contributed by atoms with E-state index in [1.807, 2.05) is 0 Å². The molecule has 1 atom stereocenters. The van der Waals surface area contributed by atoms with Gasteiger partial charge in [-0.3, -0.25) is 14.4 Å². The van der Waals surface area contributed by atoms with Gasteiger partial charge in [-0.25, -0.2) is 0 Å². The minimum absolute atomic E-state index is 0.0860. The largest absolute Gasteiger partial charge is 0.462 e. The van der Waals surface area contributed by atoms with E-state index in [1.165, 1.54) is 180 Å². The zero-order chi connectivity index (χ0) is 52.9. The molecule has 6 heteroatoms. The molecule has 0 fully saturated rings. The van der Waals surface area contributed by atoms with Crippen molar-refractivity contribution in [1.29, 1.82) is 0 Å². The molecule has 0 rings (SSSR count). The third-order valence-corrected chi connectivity index (χ3v) is 13.7. The molecule has 0 saturated heterocycles. The van der Waals surface area contributed by atoms with Gasteiger partial charge in [0.25, 0.3) is 0 Å². The molecule has 0 radical (unpaired) electrons. The van der Waals surface area contributed by atoms with E-state index < -0.39 is 6.10 Å². The monoisotopic (exact) mass is 1020 g/mol. The first kappa shape index (κ1) is 69.8. The maximum atomic E-state index is 12.9. The molecule has 0 saturated carbocycles. The van der Waals surface area contributed by atoms with Gasteiger partial charge in [0, 0.05) is 19.3 Å². The van der Waals surface area contributed by atoms with E-state index >= 15 is 0 Å². The molecule has 0 aliphatic carbocycles. The molecular formula is C67H118O6. The number of hydrogen-bond acceptors (Lipinski definition) is 6. The highest BCUT2D eigenvalue weighted by Crippen LogP contribution is 2.16. The van der Waals surface area contributed by atoms with Crippen LogP contribution in [0.15, 0.2) is 72.9 Å². The first-order chi connectivity index (χ1) is 36.0. The van der Waals surface area contributed by atoms with Gasteiger partial charge in [0.15, 0.2) is 6.10 Å². The van der Waals surface area contributed by atoms with E-state index in [1.54, 1.807) is 0 Å². The van der Waals surface area contributed by atoms with Gasteiger partial charge in [-0.2, -0.15) is 0 Å². The third kappa shape index (κ3) is 59.6. The highest BCUT2D eigenvalue weighted by atomic mass is 16.6. The Morgan fingerprint density at radius 1 is 0.288 bits per heavy atom. The lowest BCUT2D eigenvalue weighted by Crippen LogP contribution is -2.30. The smallest absolute Gasteiger partial charge is 0.306 e. The van der Waals surface area contributed by atoms with Gasteiger partial charge in [0.1, 0.15) is 13.2 Å². The maximum Gasteiger partial charge on any atom is 0.306 e. The van der Waals surface area contributed by atoms with E-state index in [0.29, 0.717) is 19.3 Å². The molecule has 0 aliphatic heterocycles. The molecule has 0 aromatic rings. The Balaban J connectivity index is 4.29. The summed E-state index contributed by atoms with van der Waals surface area (Å²) in [5.74, 6) is -0.906. The second kappa shape index (κ2) is 61.4. The van der Waals surface area contributed by atoms with Crippen molar-refractivity contribution in [2.45, 2.75) is 322 Å². The van der Waals surface area contributed by atoms with Crippen LogP contribution in [0.3, 0.4) is 0 Å². The number of rotatable bonds is 57. The first-order valence-corrected chi connectivity index (χ1v) is 31.4. The zero-order valence-electron chi connectivity index (χ0n) is 48.4. The topological polar surface area (TPSA) is 78.9 Å². The summed E-state index contributed by atoms with van der Waals surface area (Å²) in [7, 11) is 0. The number of allylic oxidation sites excluding steroid dienone is 12. The molecule has 0 amide bonds. The van der Waals surface area contributed by atoms with Crippen LogP contribution in [0.2, 0.25) is 0 Å². The quantitative estimate of drug-likeness (QED) is 0.0261. The van der Waals surface area contributed by atoms with Crippen LogP contribution in [0.4, 0.5) is 0 Å². The fourth-order valence-electron chi connectivity index (χ4n) is 9.00. The zero-order valence-corrected chi connectivity index (χ0v) is 48.4.